The van der Waals surface area contributed by atoms with Crippen LogP contribution in [0.5, 0.6) is 5.75 Å². The number of allylic oxidation sites excluding steroid dienone is 1. The summed E-state index contributed by atoms with van der Waals surface area (Å²) >= 11 is 0. The van der Waals surface area contributed by atoms with Crippen molar-refractivity contribution in [3.63, 3.8) is 0 Å². The number of aromatic nitrogens is 2. The molecular formula is C27H35N7O4. The summed E-state index contributed by atoms with van der Waals surface area (Å²) in [6, 6.07) is 3.77. The van der Waals surface area contributed by atoms with E-state index >= 15 is 0 Å². The molecule has 0 radical (unpaired) electrons. The number of carbonyl (C=O) groups is 2. The SMILES string of the molecule is CC(C)Oc1cc2nn(C3CCN(C(=O)OC(C)(C)C)CC3)cc2cc1NC(=O)/C(C=N)=C1\N=CC=CN1. The number of carbonyl (C=O) groups excluding carboxylic acids is 2. The summed E-state index contributed by atoms with van der Waals surface area (Å²) in [7, 11) is 0. The number of likely N-dealkylation sites (tertiary alicyclic amines) is 1. The average molecular weight is 522 g/mol. The molecule has 4 rings (SSSR count). The number of hydrogen-bond acceptors (Lipinski definition) is 8. The van der Waals surface area contributed by atoms with Crippen LogP contribution in [0.25, 0.3) is 10.9 Å². The van der Waals surface area contributed by atoms with Gasteiger partial charge in [0.25, 0.3) is 5.91 Å². The largest absolute Gasteiger partial charge is 0.489 e. The minimum absolute atomic E-state index is 0.0913. The first-order valence-corrected chi connectivity index (χ1v) is 12.7. The van der Waals surface area contributed by atoms with E-state index in [4.69, 9.17) is 20.0 Å². The highest BCUT2D eigenvalue weighted by Gasteiger charge is 2.28. The van der Waals surface area contributed by atoms with E-state index in [1.165, 1.54) is 0 Å². The molecule has 11 heteroatoms. The maximum Gasteiger partial charge on any atom is 0.410 e. The van der Waals surface area contributed by atoms with Gasteiger partial charge in [0.1, 0.15) is 17.2 Å². The van der Waals surface area contributed by atoms with Crippen LogP contribution in [-0.2, 0) is 9.53 Å². The quantitative estimate of drug-likeness (QED) is 0.381. The van der Waals surface area contributed by atoms with Crippen molar-refractivity contribution in [1.82, 2.24) is 20.0 Å². The summed E-state index contributed by atoms with van der Waals surface area (Å²) < 4.78 is 13.4. The van der Waals surface area contributed by atoms with Gasteiger partial charge in [0.15, 0.2) is 0 Å². The van der Waals surface area contributed by atoms with Crippen LogP contribution in [0.4, 0.5) is 10.5 Å². The van der Waals surface area contributed by atoms with Gasteiger partial charge in [-0.25, -0.2) is 9.79 Å². The van der Waals surface area contributed by atoms with Crippen LogP contribution in [0.3, 0.4) is 0 Å². The second-order valence-electron chi connectivity index (χ2n) is 10.5. The number of amides is 2. The number of piperidine rings is 1. The lowest BCUT2D eigenvalue weighted by Gasteiger charge is -2.33. The van der Waals surface area contributed by atoms with Crippen LogP contribution >= 0.6 is 0 Å². The molecule has 2 aromatic rings. The fourth-order valence-corrected chi connectivity index (χ4v) is 4.25. The molecule has 3 N–H and O–H groups in total. The second kappa shape index (κ2) is 11.1. The fourth-order valence-electron chi connectivity index (χ4n) is 4.25. The normalized spacial score (nSPS) is 17.4. The van der Waals surface area contributed by atoms with Crippen molar-refractivity contribution in [2.45, 2.75) is 65.2 Å². The summed E-state index contributed by atoms with van der Waals surface area (Å²) in [5.74, 6) is 0.294. The van der Waals surface area contributed by atoms with E-state index in [-0.39, 0.29) is 29.6 Å². The Bertz CT molecular complexity index is 1310. The zero-order valence-corrected chi connectivity index (χ0v) is 22.4. The van der Waals surface area contributed by atoms with Crippen molar-refractivity contribution in [2.75, 3.05) is 18.4 Å². The Morgan fingerprint density at radius 2 is 1.97 bits per heavy atom. The first-order valence-electron chi connectivity index (χ1n) is 12.7. The highest BCUT2D eigenvalue weighted by Crippen LogP contribution is 2.33. The van der Waals surface area contributed by atoms with Gasteiger partial charge in [-0.3, -0.25) is 9.48 Å². The Hall–Kier alpha value is -4.15. The van der Waals surface area contributed by atoms with Crippen LogP contribution < -0.4 is 15.4 Å². The number of ether oxygens (including phenoxy) is 2. The zero-order chi connectivity index (χ0) is 27.4. The maximum absolute atomic E-state index is 13.1. The van der Waals surface area contributed by atoms with Crippen molar-refractivity contribution < 1.29 is 19.1 Å². The number of aliphatic imine (C=N–C) groups is 1. The second-order valence-corrected chi connectivity index (χ2v) is 10.5. The lowest BCUT2D eigenvalue weighted by molar-refractivity contribution is -0.112. The van der Waals surface area contributed by atoms with Crippen LogP contribution in [0.15, 0.2) is 47.0 Å². The summed E-state index contributed by atoms with van der Waals surface area (Å²) in [6.45, 7) is 10.6. The van der Waals surface area contributed by atoms with Crippen molar-refractivity contribution in [2.24, 2.45) is 4.99 Å². The van der Waals surface area contributed by atoms with Gasteiger partial charge in [-0.2, -0.15) is 5.10 Å². The van der Waals surface area contributed by atoms with E-state index in [0.717, 1.165) is 30.0 Å². The fraction of sp³-hybridized carbons (Fsp3) is 0.444. The number of nitrogens with one attached hydrogen (secondary N) is 3. The predicted molar refractivity (Wildman–Crippen MR) is 147 cm³/mol. The first-order chi connectivity index (χ1) is 18.0. The van der Waals surface area contributed by atoms with Gasteiger partial charge >= 0.3 is 6.09 Å². The van der Waals surface area contributed by atoms with Gasteiger partial charge in [-0.1, -0.05) is 0 Å². The molecule has 0 aliphatic carbocycles. The molecule has 0 spiro atoms. The molecule has 1 saturated heterocycles. The number of fused-ring (bicyclic) bond motifs is 1. The molecule has 0 unspecified atom stereocenters. The Morgan fingerprint density at radius 1 is 1.24 bits per heavy atom. The summed E-state index contributed by atoms with van der Waals surface area (Å²) in [4.78, 5) is 31.4. The van der Waals surface area contributed by atoms with Gasteiger partial charge in [0, 0.05) is 49.4 Å². The van der Waals surface area contributed by atoms with Gasteiger partial charge in [0.05, 0.1) is 28.9 Å². The molecule has 2 aliphatic rings. The molecule has 202 valence electrons. The molecule has 11 nitrogen and oxygen atoms in total. The van der Waals surface area contributed by atoms with Crippen LogP contribution in [0.2, 0.25) is 0 Å². The van der Waals surface area contributed by atoms with E-state index < -0.39 is 11.5 Å². The lowest BCUT2D eigenvalue weighted by atomic mass is 10.1. The molecule has 1 fully saturated rings. The van der Waals surface area contributed by atoms with Crippen molar-refractivity contribution >= 4 is 41.0 Å². The van der Waals surface area contributed by atoms with Crippen LogP contribution in [-0.4, -0.2) is 63.9 Å². The molecule has 0 bridgehead atoms. The molecule has 2 amide bonds. The zero-order valence-electron chi connectivity index (χ0n) is 22.4. The third kappa shape index (κ3) is 6.39. The number of hydrogen-bond donors (Lipinski definition) is 3. The number of rotatable bonds is 6. The Labute approximate surface area is 222 Å². The van der Waals surface area contributed by atoms with E-state index in [9.17, 15) is 9.59 Å². The van der Waals surface area contributed by atoms with Gasteiger partial charge in [-0.05, 0) is 59.6 Å². The predicted octanol–water partition coefficient (Wildman–Crippen LogP) is 4.38. The molecular weight excluding hydrogens is 486 g/mol. The topological polar surface area (TPSA) is 134 Å². The molecule has 0 atom stereocenters. The van der Waals surface area contributed by atoms with Gasteiger partial charge < -0.3 is 30.4 Å². The molecule has 3 heterocycles. The third-order valence-corrected chi connectivity index (χ3v) is 5.97. The number of benzene rings is 1. The van der Waals surface area contributed by atoms with E-state index in [1.54, 1.807) is 23.4 Å². The first kappa shape index (κ1) is 26.9. The van der Waals surface area contributed by atoms with E-state index in [1.807, 2.05) is 57.6 Å². The number of anilines is 1. The van der Waals surface area contributed by atoms with E-state index in [0.29, 0.717) is 24.5 Å². The minimum Gasteiger partial charge on any atom is -0.489 e. The summed E-state index contributed by atoms with van der Waals surface area (Å²) in [6.07, 6.45) is 8.90. The molecule has 38 heavy (non-hydrogen) atoms. The molecule has 1 aromatic carbocycles. The van der Waals surface area contributed by atoms with Crippen molar-refractivity contribution in [1.29, 1.82) is 5.41 Å². The van der Waals surface area contributed by atoms with E-state index in [2.05, 4.69) is 15.6 Å². The van der Waals surface area contributed by atoms with Gasteiger partial charge in [-0.15, -0.1) is 0 Å². The highest BCUT2D eigenvalue weighted by molar-refractivity contribution is 6.18. The molecule has 2 aliphatic heterocycles. The summed E-state index contributed by atoms with van der Waals surface area (Å²) in [5, 5.41) is 19.1. The third-order valence-electron chi connectivity index (χ3n) is 5.97. The van der Waals surface area contributed by atoms with Crippen LogP contribution in [0.1, 0.15) is 53.5 Å². The van der Waals surface area contributed by atoms with Crippen molar-refractivity contribution in [3.05, 3.63) is 42.0 Å². The minimum atomic E-state index is -0.524. The number of nitrogens with zero attached hydrogens (tertiary/aromatic N) is 4. The Morgan fingerprint density at radius 3 is 2.58 bits per heavy atom. The van der Waals surface area contributed by atoms with Crippen LogP contribution in [0, 0.1) is 5.41 Å². The Kier molecular flexibility index (Phi) is 7.84. The molecule has 0 saturated carbocycles. The standard InChI is InChI=1S/C27H35N7O4/c1-17(2)37-23-14-21-18(13-22(23)31-25(35)20(15-28)24-29-9-6-10-30-24)16-34(32-21)19-7-11-33(12-8-19)26(36)38-27(3,4)5/h6,9-10,13-17,19,28-29H,7-8,11-12H2,1-5H3,(H,31,35)/b24-20-,28-15?. The monoisotopic (exact) mass is 521 g/mol. The van der Waals surface area contributed by atoms with Gasteiger partial charge in [0.2, 0.25) is 0 Å². The lowest BCUT2D eigenvalue weighted by Crippen LogP contribution is -2.42. The smallest absolute Gasteiger partial charge is 0.410 e. The highest BCUT2D eigenvalue weighted by atomic mass is 16.6. The molecule has 1 aromatic heterocycles. The Balaban J connectivity index is 1.55. The van der Waals surface area contributed by atoms with Crippen molar-refractivity contribution in [3.8, 4) is 5.75 Å². The average Bonchev–Trinajstić information content (AvgIpc) is 3.27. The summed E-state index contributed by atoms with van der Waals surface area (Å²) in [5.41, 5.74) is 0.783. The maximum atomic E-state index is 13.1.